The molecule has 2 saturated heterocycles. The van der Waals surface area contributed by atoms with Crippen molar-refractivity contribution in [1.82, 2.24) is 15.1 Å². The molecule has 1 aromatic carbocycles. The number of benzene rings is 1. The highest BCUT2D eigenvalue weighted by molar-refractivity contribution is 5.60. The zero-order valence-electron chi connectivity index (χ0n) is 18.6. The number of nitrogens with one attached hydrogen (secondary N) is 1. The van der Waals surface area contributed by atoms with Gasteiger partial charge in [0.05, 0.1) is 5.69 Å². The first kappa shape index (κ1) is 21.4. The normalized spacial score (nSPS) is 30.5. The summed E-state index contributed by atoms with van der Waals surface area (Å²) in [6.07, 6.45) is 6.08. The molecular formula is C25H29F3N4O. The summed E-state index contributed by atoms with van der Waals surface area (Å²) in [4.78, 5) is 2.68. The van der Waals surface area contributed by atoms with Gasteiger partial charge in [0.1, 0.15) is 11.6 Å². The van der Waals surface area contributed by atoms with Crippen LogP contribution < -0.4 is 5.32 Å². The Bertz CT molecular complexity index is 1010. The third-order valence-electron chi connectivity index (χ3n) is 8.44. The molecule has 6 rings (SSSR count). The number of halogens is 3. The van der Waals surface area contributed by atoms with Crippen molar-refractivity contribution in [3.8, 4) is 11.3 Å². The summed E-state index contributed by atoms with van der Waals surface area (Å²) in [6.45, 7) is 5.48. The first-order valence-corrected chi connectivity index (χ1v) is 12.0. The highest BCUT2D eigenvalue weighted by Gasteiger charge is 2.55. The molecule has 33 heavy (non-hydrogen) atoms. The number of nitrogens with zero attached hydrogens (tertiary/aromatic N) is 3. The first-order chi connectivity index (χ1) is 16.0. The Hall–Kier alpha value is -2.19. The van der Waals surface area contributed by atoms with Crippen LogP contribution in [0.15, 0.2) is 24.3 Å². The van der Waals surface area contributed by atoms with Crippen molar-refractivity contribution in [1.29, 1.82) is 0 Å². The smallest absolute Gasteiger partial charge is 0.168 e. The molecule has 0 radical (unpaired) electrons. The number of anilines is 1. The molecule has 3 heterocycles. The fourth-order valence-electron chi connectivity index (χ4n) is 6.56. The molecule has 1 N–H and O–H groups in total. The van der Waals surface area contributed by atoms with Crippen molar-refractivity contribution in [2.24, 2.45) is 23.2 Å². The SMILES string of the molecule is Fc1cc(F)c(F)c(-c2ccc(N[C@H]3C[C@@H]4CN(CC5CC56CCOCC6)C[C@@H]4C3)nn2)c1. The van der Waals surface area contributed by atoms with E-state index in [1.807, 2.05) is 0 Å². The van der Waals surface area contributed by atoms with Gasteiger partial charge in [0, 0.05) is 50.5 Å². The summed E-state index contributed by atoms with van der Waals surface area (Å²) in [7, 11) is 0. The van der Waals surface area contributed by atoms with Crippen LogP contribution in [-0.2, 0) is 4.74 Å². The van der Waals surface area contributed by atoms with Crippen LogP contribution in [0, 0.1) is 40.6 Å². The van der Waals surface area contributed by atoms with Gasteiger partial charge in [0.25, 0.3) is 0 Å². The van der Waals surface area contributed by atoms with Crippen LogP contribution in [0.5, 0.6) is 0 Å². The summed E-state index contributed by atoms with van der Waals surface area (Å²) < 4.78 is 46.5. The Morgan fingerprint density at radius 1 is 1.03 bits per heavy atom. The monoisotopic (exact) mass is 458 g/mol. The first-order valence-electron chi connectivity index (χ1n) is 12.0. The maximum atomic E-state index is 14.0. The van der Waals surface area contributed by atoms with Crippen molar-refractivity contribution in [2.75, 3.05) is 38.2 Å². The molecule has 0 amide bonds. The molecule has 0 bridgehead atoms. The summed E-state index contributed by atoms with van der Waals surface area (Å²) in [6, 6.07) is 5.05. The molecule has 5 nitrogen and oxygen atoms in total. The van der Waals surface area contributed by atoms with Crippen LogP contribution in [0.4, 0.5) is 19.0 Å². The number of aromatic nitrogens is 2. The summed E-state index contributed by atoms with van der Waals surface area (Å²) in [5.74, 6) is -0.300. The second-order valence-electron chi connectivity index (χ2n) is 10.5. The zero-order valence-corrected chi connectivity index (χ0v) is 18.6. The Morgan fingerprint density at radius 2 is 1.79 bits per heavy atom. The van der Waals surface area contributed by atoms with Gasteiger partial charge < -0.3 is 15.0 Å². The van der Waals surface area contributed by atoms with Crippen molar-refractivity contribution >= 4 is 5.82 Å². The zero-order chi connectivity index (χ0) is 22.6. The third kappa shape index (κ3) is 4.12. The molecule has 2 aliphatic carbocycles. The van der Waals surface area contributed by atoms with E-state index in [2.05, 4.69) is 20.4 Å². The van der Waals surface area contributed by atoms with Crippen LogP contribution >= 0.6 is 0 Å². The van der Waals surface area contributed by atoms with Crippen LogP contribution in [0.1, 0.15) is 32.1 Å². The van der Waals surface area contributed by atoms with Gasteiger partial charge in [-0.3, -0.25) is 0 Å². The van der Waals surface area contributed by atoms with Gasteiger partial charge in [-0.1, -0.05) is 0 Å². The lowest BCUT2D eigenvalue weighted by atomic mass is 9.94. The van der Waals surface area contributed by atoms with Gasteiger partial charge in [0.2, 0.25) is 0 Å². The standard InChI is InChI=1S/C25H29F3N4O/c26-18-9-20(24(28)21(27)10-18)22-1-2-23(31-30-22)29-19-7-15-12-32(13-16(15)8-19)14-17-11-25(17)3-5-33-6-4-25/h1-2,9-10,15-17,19H,3-8,11-14H2,(H,29,31)/t15-,16+,17?,19+. The van der Waals surface area contributed by atoms with Crippen molar-refractivity contribution in [2.45, 2.75) is 38.1 Å². The molecule has 4 fully saturated rings. The molecule has 2 aromatic rings. The Balaban J connectivity index is 1.02. The van der Waals surface area contributed by atoms with Crippen LogP contribution in [0.25, 0.3) is 11.3 Å². The van der Waals surface area contributed by atoms with Crippen molar-refractivity contribution in [3.05, 3.63) is 41.7 Å². The second-order valence-corrected chi connectivity index (χ2v) is 10.5. The molecule has 4 atom stereocenters. The third-order valence-corrected chi connectivity index (χ3v) is 8.44. The topological polar surface area (TPSA) is 50.3 Å². The van der Waals surface area contributed by atoms with Crippen molar-refractivity contribution < 1.29 is 17.9 Å². The van der Waals surface area contributed by atoms with Crippen LogP contribution in [0.2, 0.25) is 0 Å². The molecule has 8 heteroatoms. The van der Waals surface area contributed by atoms with Crippen LogP contribution in [-0.4, -0.2) is 54.0 Å². The predicted octanol–water partition coefficient (Wildman–Crippen LogP) is 4.50. The largest absolute Gasteiger partial charge is 0.381 e. The van der Waals surface area contributed by atoms with Gasteiger partial charge in [-0.25, -0.2) is 13.2 Å². The molecule has 2 saturated carbocycles. The molecule has 1 aromatic heterocycles. The van der Waals surface area contributed by atoms with Crippen LogP contribution in [0.3, 0.4) is 0 Å². The average Bonchev–Trinajstić information content (AvgIpc) is 3.10. The van der Waals surface area contributed by atoms with Gasteiger partial charge in [-0.05, 0) is 73.5 Å². The highest BCUT2D eigenvalue weighted by atomic mass is 19.2. The molecule has 4 aliphatic rings. The minimum Gasteiger partial charge on any atom is -0.381 e. The van der Waals surface area contributed by atoms with Gasteiger partial charge in [-0.15, -0.1) is 10.2 Å². The van der Waals surface area contributed by atoms with E-state index >= 15 is 0 Å². The Labute approximate surface area is 191 Å². The van der Waals surface area contributed by atoms with Gasteiger partial charge >= 0.3 is 0 Å². The van der Waals surface area contributed by atoms with E-state index in [1.165, 1.54) is 38.9 Å². The Kier molecular flexibility index (Phi) is 5.33. The maximum Gasteiger partial charge on any atom is 0.168 e. The molecular weight excluding hydrogens is 429 g/mol. The fourth-order valence-corrected chi connectivity index (χ4v) is 6.56. The maximum absolute atomic E-state index is 14.0. The fraction of sp³-hybridized carbons (Fsp3) is 0.600. The molecule has 2 aliphatic heterocycles. The molecule has 176 valence electrons. The lowest BCUT2D eigenvalue weighted by molar-refractivity contribution is 0.0497. The summed E-state index contributed by atoms with van der Waals surface area (Å²) >= 11 is 0. The minimum atomic E-state index is -1.23. The summed E-state index contributed by atoms with van der Waals surface area (Å²) in [5.41, 5.74) is 0.475. The lowest BCUT2D eigenvalue weighted by Gasteiger charge is -2.25. The predicted molar refractivity (Wildman–Crippen MR) is 118 cm³/mol. The van der Waals surface area contributed by atoms with E-state index in [1.54, 1.807) is 12.1 Å². The van der Waals surface area contributed by atoms with E-state index in [0.717, 1.165) is 38.0 Å². The second kappa shape index (κ2) is 8.24. The van der Waals surface area contributed by atoms with Gasteiger partial charge in [0.15, 0.2) is 11.6 Å². The minimum absolute atomic E-state index is 0.109. The highest BCUT2D eigenvalue weighted by Crippen LogP contribution is 2.59. The number of hydrogen-bond donors (Lipinski definition) is 1. The number of ether oxygens (including phenoxy) is 1. The van der Waals surface area contributed by atoms with E-state index in [4.69, 9.17) is 4.74 Å². The number of rotatable bonds is 5. The number of fused-ring (bicyclic) bond motifs is 1. The number of hydrogen-bond acceptors (Lipinski definition) is 5. The van der Waals surface area contributed by atoms with E-state index < -0.39 is 17.5 Å². The molecule has 1 unspecified atom stereocenters. The summed E-state index contributed by atoms with van der Waals surface area (Å²) in [5, 5.41) is 11.6. The van der Waals surface area contributed by atoms with E-state index in [0.29, 0.717) is 35.2 Å². The Morgan fingerprint density at radius 3 is 2.48 bits per heavy atom. The number of likely N-dealkylation sites (tertiary alicyclic amines) is 1. The van der Waals surface area contributed by atoms with E-state index in [-0.39, 0.29) is 11.3 Å². The van der Waals surface area contributed by atoms with Crippen molar-refractivity contribution in [3.63, 3.8) is 0 Å². The lowest BCUT2D eigenvalue weighted by Crippen LogP contribution is -2.29. The van der Waals surface area contributed by atoms with E-state index in [9.17, 15) is 13.2 Å². The molecule has 1 spiro atoms. The van der Waals surface area contributed by atoms with Gasteiger partial charge in [-0.2, -0.15) is 0 Å². The average molecular weight is 459 g/mol. The quantitative estimate of drug-likeness (QED) is 0.669.